The third-order valence-corrected chi connectivity index (χ3v) is 4.66. The van der Waals surface area contributed by atoms with Gasteiger partial charge in [-0.2, -0.15) is 0 Å². The summed E-state index contributed by atoms with van der Waals surface area (Å²) in [6.07, 6.45) is 6.93. The fraction of sp³-hybridized carbons (Fsp3) is 0.167. The molecule has 0 amide bonds. The van der Waals surface area contributed by atoms with Crippen LogP contribution in [0.2, 0.25) is 0 Å². The van der Waals surface area contributed by atoms with E-state index in [1.165, 1.54) is 27.4 Å². The number of aromatic nitrogens is 1. The summed E-state index contributed by atoms with van der Waals surface area (Å²) in [6, 6.07) is 25.5. The number of rotatable bonds is 6. The summed E-state index contributed by atoms with van der Waals surface area (Å²) in [4.78, 5) is 0. The third kappa shape index (κ3) is 3.17. The number of benzene rings is 3. The van der Waals surface area contributed by atoms with Gasteiger partial charge in [-0.1, -0.05) is 48.5 Å². The molecule has 4 aromatic rings. The molecular weight excluding hydrogens is 318 g/mol. The van der Waals surface area contributed by atoms with Crippen molar-refractivity contribution < 1.29 is 4.74 Å². The Balaban J connectivity index is 1.77. The highest BCUT2D eigenvalue weighted by Gasteiger charge is 2.11. The Kier molecular flexibility index (Phi) is 4.62. The van der Waals surface area contributed by atoms with Crippen LogP contribution in [0.4, 0.5) is 0 Å². The number of fused-ring (bicyclic) bond motifs is 3. The largest absolute Gasteiger partial charge is 0.493 e. The Bertz CT molecular complexity index is 1070. The Morgan fingerprint density at radius 2 is 1.62 bits per heavy atom. The molecule has 4 rings (SSSR count). The van der Waals surface area contributed by atoms with Crippen molar-refractivity contribution in [3.8, 4) is 18.1 Å². The predicted molar refractivity (Wildman–Crippen MR) is 109 cm³/mol. The molecule has 0 atom stereocenters. The van der Waals surface area contributed by atoms with Crippen LogP contribution in [0.25, 0.3) is 21.8 Å². The minimum absolute atomic E-state index is 0.647. The van der Waals surface area contributed by atoms with Gasteiger partial charge < -0.3 is 9.30 Å². The van der Waals surface area contributed by atoms with E-state index < -0.39 is 0 Å². The molecule has 0 saturated heterocycles. The molecule has 128 valence electrons. The van der Waals surface area contributed by atoms with Crippen LogP contribution >= 0.6 is 0 Å². The van der Waals surface area contributed by atoms with Crippen LogP contribution in [0.1, 0.15) is 18.4 Å². The molecule has 2 heteroatoms. The van der Waals surface area contributed by atoms with Gasteiger partial charge in [0.25, 0.3) is 0 Å². The molecule has 1 heterocycles. The zero-order chi connectivity index (χ0) is 17.8. The van der Waals surface area contributed by atoms with Gasteiger partial charge in [0.2, 0.25) is 0 Å². The summed E-state index contributed by atoms with van der Waals surface area (Å²) in [5.74, 6) is 3.55. The van der Waals surface area contributed by atoms with E-state index in [4.69, 9.17) is 11.2 Å². The molecule has 0 spiro atoms. The molecule has 2 nitrogen and oxygen atoms in total. The summed E-state index contributed by atoms with van der Waals surface area (Å²) in [5, 5.41) is 2.53. The molecule has 0 aliphatic rings. The molecule has 0 fully saturated rings. The van der Waals surface area contributed by atoms with Crippen LogP contribution in [0, 0.1) is 12.3 Å². The van der Waals surface area contributed by atoms with Gasteiger partial charge in [-0.15, -0.1) is 12.3 Å². The number of para-hydroxylation sites is 1. The SMILES string of the molecule is C#CCCCOc1ccc2c3ccccc3n(Cc3ccccc3)c2c1. The zero-order valence-corrected chi connectivity index (χ0v) is 14.7. The molecule has 0 N–H and O–H groups in total. The smallest absolute Gasteiger partial charge is 0.121 e. The van der Waals surface area contributed by atoms with E-state index in [-0.39, 0.29) is 0 Å². The quantitative estimate of drug-likeness (QED) is 0.328. The first-order chi connectivity index (χ1) is 12.9. The van der Waals surface area contributed by atoms with Crippen molar-refractivity contribution in [3.05, 3.63) is 78.4 Å². The molecule has 0 aliphatic heterocycles. The highest BCUT2D eigenvalue weighted by molar-refractivity contribution is 6.08. The van der Waals surface area contributed by atoms with Crippen molar-refractivity contribution in [2.45, 2.75) is 19.4 Å². The number of hydrogen-bond donors (Lipinski definition) is 0. The van der Waals surface area contributed by atoms with Crippen molar-refractivity contribution >= 4 is 21.8 Å². The first-order valence-electron chi connectivity index (χ1n) is 8.98. The van der Waals surface area contributed by atoms with Crippen molar-refractivity contribution in [2.24, 2.45) is 0 Å². The number of terminal acetylenes is 1. The molecule has 0 radical (unpaired) electrons. The van der Waals surface area contributed by atoms with Gasteiger partial charge >= 0.3 is 0 Å². The minimum atomic E-state index is 0.647. The van der Waals surface area contributed by atoms with Gasteiger partial charge in [0.15, 0.2) is 0 Å². The fourth-order valence-electron chi connectivity index (χ4n) is 3.42. The molecule has 0 bridgehead atoms. The molecule has 1 aromatic heterocycles. The lowest BCUT2D eigenvalue weighted by atomic mass is 10.1. The highest BCUT2D eigenvalue weighted by Crippen LogP contribution is 2.32. The molecule has 0 saturated carbocycles. The lowest BCUT2D eigenvalue weighted by Crippen LogP contribution is -2.00. The van der Waals surface area contributed by atoms with Crippen molar-refractivity contribution in [1.29, 1.82) is 0 Å². The van der Waals surface area contributed by atoms with E-state index in [0.29, 0.717) is 6.61 Å². The second kappa shape index (κ2) is 7.37. The number of unbranched alkanes of at least 4 members (excludes halogenated alkanes) is 1. The second-order valence-electron chi connectivity index (χ2n) is 6.42. The topological polar surface area (TPSA) is 14.2 Å². The summed E-state index contributed by atoms with van der Waals surface area (Å²) >= 11 is 0. The lowest BCUT2D eigenvalue weighted by molar-refractivity contribution is 0.313. The molecule has 0 aliphatic carbocycles. The third-order valence-electron chi connectivity index (χ3n) is 4.66. The van der Waals surface area contributed by atoms with E-state index in [0.717, 1.165) is 25.1 Å². The predicted octanol–water partition coefficient (Wildman–Crippen LogP) is 5.64. The molecular formula is C24H21NO. The molecule has 26 heavy (non-hydrogen) atoms. The van der Waals surface area contributed by atoms with Crippen molar-refractivity contribution in [1.82, 2.24) is 4.57 Å². The first-order valence-corrected chi connectivity index (χ1v) is 8.98. The summed E-state index contributed by atoms with van der Waals surface area (Å²) in [5.41, 5.74) is 3.73. The monoisotopic (exact) mass is 339 g/mol. The van der Waals surface area contributed by atoms with Gasteiger partial charge in [-0.05, 0) is 30.2 Å². The average Bonchev–Trinajstić information content (AvgIpc) is 3.00. The normalized spacial score (nSPS) is 10.9. The van der Waals surface area contributed by atoms with Gasteiger partial charge in [0.05, 0.1) is 12.1 Å². The Morgan fingerprint density at radius 3 is 2.46 bits per heavy atom. The van der Waals surface area contributed by atoms with Crippen molar-refractivity contribution in [2.75, 3.05) is 6.61 Å². The number of hydrogen-bond acceptors (Lipinski definition) is 1. The Labute approximate surface area is 154 Å². The van der Waals surface area contributed by atoms with Crippen LogP contribution < -0.4 is 4.74 Å². The van der Waals surface area contributed by atoms with Crippen LogP contribution in [0.3, 0.4) is 0 Å². The molecule has 0 unspecified atom stereocenters. The number of nitrogens with zero attached hydrogens (tertiary/aromatic N) is 1. The summed E-state index contributed by atoms with van der Waals surface area (Å²) < 4.78 is 8.28. The summed E-state index contributed by atoms with van der Waals surface area (Å²) in [7, 11) is 0. The minimum Gasteiger partial charge on any atom is -0.493 e. The summed E-state index contributed by atoms with van der Waals surface area (Å²) in [6.45, 7) is 1.49. The first kappa shape index (κ1) is 16.3. The van der Waals surface area contributed by atoms with Gasteiger partial charge in [-0.25, -0.2) is 0 Å². The molecule has 3 aromatic carbocycles. The maximum Gasteiger partial charge on any atom is 0.121 e. The standard InChI is InChI=1S/C24H21NO/c1-2-3-9-16-26-20-14-15-22-21-12-7-8-13-23(21)25(24(22)17-20)18-19-10-5-4-6-11-19/h1,4-8,10-15,17H,3,9,16,18H2. The van der Waals surface area contributed by atoms with E-state index in [9.17, 15) is 0 Å². The second-order valence-corrected chi connectivity index (χ2v) is 6.42. The van der Waals surface area contributed by atoms with E-state index >= 15 is 0 Å². The number of ether oxygens (including phenoxy) is 1. The average molecular weight is 339 g/mol. The van der Waals surface area contributed by atoms with Gasteiger partial charge in [0, 0.05) is 35.3 Å². The van der Waals surface area contributed by atoms with Crippen LogP contribution in [0.5, 0.6) is 5.75 Å². The van der Waals surface area contributed by atoms with Crippen LogP contribution in [-0.4, -0.2) is 11.2 Å². The van der Waals surface area contributed by atoms with E-state index in [1.54, 1.807) is 0 Å². The Morgan fingerprint density at radius 1 is 0.846 bits per heavy atom. The zero-order valence-electron chi connectivity index (χ0n) is 14.7. The Hall–Kier alpha value is -3.18. The van der Waals surface area contributed by atoms with Crippen LogP contribution in [0.15, 0.2) is 72.8 Å². The van der Waals surface area contributed by atoms with Gasteiger partial charge in [-0.3, -0.25) is 0 Å². The van der Waals surface area contributed by atoms with Crippen LogP contribution in [-0.2, 0) is 6.54 Å². The lowest BCUT2D eigenvalue weighted by Gasteiger charge is -2.09. The van der Waals surface area contributed by atoms with Crippen molar-refractivity contribution in [3.63, 3.8) is 0 Å². The van der Waals surface area contributed by atoms with E-state index in [1.807, 2.05) is 0 Å². The van der Waals surface area contributed by atoms with E-state index in [2.05, 4.69) is 83.3 Å². The maximum atomic E-state index is 5.91. The van der Waals surface area contributed by atoms with Gasteiger partial charge in [0.1, 0.15) is 5.75 Å². The maximum absolute atomic E-state index is 5.91. The fourth-order valence-corrected chi connectivity index (χ4v) is 3.42. The highest BCUT2D eigenvalue weighted by atomic mass is 16.5.